The highest BCUT2D eigenvalue weighted by Gasteiger charge is 2.41. The summed E-state index contributed by atoms with van der Waals surface area (Å²) in [4.78, 5) is 0. The van der Waals surface area contributed by atoms with E-state index in [-0.39, 0.29) is 24.6 Å². The summed E-state index contributed by atoms with van der Waals surface area (Å²) < 4.78 is 36.7. The highest BCUT2D eigenvalue weighted by atomic mass is 19.4. The molecule has 0 heterocycles. The van der Waals surface area contributed by atoms with Crippen molar-refractivity contribution in [1.29, 1.82) is 0 Å². The van der Waals surface area contributed by atoms with Crippen LogP contribution in [0.3, 0.4) is 0 Å². The van der Waals surface area contributed by atoms with Crippen LogP contribution < -0.4 is 5.73 Å². The Morgan fingerprint density at radius 2 is 1.71 bits per heavy atom. The van der Waals surface area contributed by atoms with Crippen molar-refractivity contribution in [1.82, 2.24) is 0 Å². The van der Waals surface area contributed by atoms with Crippen molar-refractivity contribution in [3.63, 3.8) is 0 Å². The smallest absolute Gasteiger partial charge is 0.391 e. The number of oxime groups is 1. The first-order valence-corrected chi connectivity index (χ1v) is 4.49. The van der Waals surface area contributed by atoms with Crippen LogP contribution in [0, 0.1) is 11.8 Å². The summed E-state index contributed by atoms with van der Waals surface area (Å²) in [5, 5.41) is 11.2. The van der Waals surface area contributed by atoms with Crippen LogP contribution in [-0.4, -0.2) is 17.2 Å². The molecule has 1 aliphatic carbocycles. The molecule has 0 aromatic carbocycles. The summed E-state index contributed by atoms with van der Waals surface area (Å²) in [6.45, 7) is 0. The lowest BCUT2D eigenvalue weighted by Gasteiger charge is -2.28. The van der Waals surface area contributed by atoms with E-state index in [0.29, 0.717) is 12.8 Å². The van der Waals surface area contributed by atoms with E-state index in [0.717, 1.165) is 0 Å². The third-order valence-electron chi connectivity index (χ3n) is 2.72. The Bertz CT molecular complexity index is 219. The van der Waals surface area contributed by atoms with Gasteiger partial charge in [0.1, 0.15) is 5.84 Å². The van der Waals surface area contributed by atoms with Gasteiger partial charge in [-0.15, -0.1) is 0 Å². The maximum atomic E-state index is 12.2. The number of halogens is 3. The van der Waals surface area contributed by atoms with Crippen molar-refractivity contribution in [2.24, 2.45) is 22.7 Å². The molecule has 3 nitrogen and oxygen atoms in total. The number of hydrogen-bond donors (Lipinski definition) is 2. The van der Waals surface area contributed by atoms with Gasteiger partial charge in [0.25, 0.3) is 0 Å². The second-order valence-corrected chi connectivity index (χ2v) is 3.62. The number of nitrogens with zero attached hydrogens (tertiary/aromatic N) is 1. The summed E-state index contributed by atoms with van der Waals surface area (Å²) in [5.41, 5.74) is 5.32. The van der Waals surface area contributed by atoms with E-state index in [4.69, 9.17) is 10.9 Å². The molecule has 6 heteroatoms. The SMILES string of the molecule is N/C(=N\O)[C@H]1CC[C@@H](C(F)(F)F)CC1. The first-order valence-electron chi connectivity index (χ1n) is 4.49. The van der Waals surface area contributed by atoms with Gasteiger partial charge in [0.05, 0.1) is 5.92 Å². The first-order chi connectivity index (χ1) is 6.45. The lowest BCUT2D eigenvalue weighted by Crippen LogP contribution is -2.33. The fraction of sp³-hybridized carbons (Fsp3) is 0.875. The van der Waals surface area contributed by atoms with Crippen molar-refractivity contribution in [2.45, 2.75) is 31.9 Å². The van der Waals surface area contributed by atoms with Crippen molar-refractivity contribution in [2.75, 3.05) is 0 Å². The number of nitrogens with two attached hydrogens (primary N) is 1. The summed E-state index contributed by atoms with van der Waals surface area (Å²) in [6.07, 6.45) is -3.26. The molecule has 1 saturated carbocycles. The highest BCUT2D eigenvalue weighted by molar-refractivity contribution is 5.82. The van der Waals surface area contributed by atoms with Gasteiger partial charge in [-0.2, -0.15) is 13.2 Å². The average Bonchev–Trinajstić information content (AvgIpc) is 2.15. The molecule has 0 amide bonds. The summed E-state index contributed by atoms with van der Waals surface area (Å²) in [7, 11) is 0. The lowest BCUT2D eigenvalue weighted by molar-refractivity contribution is -0.182. The van der Waals surface area contributed by atoms with Crippen molar-refractivity contribution < 1.29 is 18.4 Å². The Morgan fingerprint density at radius 3 is 2.07 bits per heavy atom. The van der Waals surface area contributed by atoms with Crippen LogP contribution in [0.25, 0.3) is 0 Å². The summed E-state index contributed by atoms with van der Waals surface area (Å²) >= 11 is 0. The number of rotatable bonds is 1. The minimum Gasteiger partial charge on any atom is -0.409 e. The summed E-state index contributed by atoms with van der Waals surface area (Å²) in [5.74, 6) is -1.37. The van der Waals surface area contributed by atoms with Crippen molar-refractivity contribution in [3.8, 4) is 0 Å². The molecule has 0 aromatic rings. The molecule has 0 aliphatic heterocycles. The van der Waals surface area contributed by atoms with Crippen LogP contribution in [0.2, 0.25) is 0 Å². The van der Waals surface area contributed by atoms with E-state index in [2.05, 4.69) is 5.16 Å². The van der Waals surface area contributed by atoms with Gasteiger partial charge >= 0.3 is 6.18 Å². The third kappa shape index (κ3) is 2.52. The van der Waals surface area contributed by atoms with Gasteiger partial charge in [0.15, 0.2) is 0 Å². The molecule has 0 spiro atoms. The monoisotopic (exact) mass is 210 g/mol. The quantitative estimate of drug-likeness (QED) is 0.301. The molecule has 1 rings (SSSR count). The second kappa shape index (κ2) is 4.06. The van der Waals surface area contributed by atoms with Gasteiger partial charge in [-0.3, -0.25) is 0 Å². The Labute approximate surface area is 79.8 Å². The van der Waals surface area contributed by atoms with Crippen LogP contribution >= 0.6 is 0 Å². The number of amidine groups is 1. The molecule has 82 valence electrons. The second-order valence-electron chi connectivity index (χ2n) is 3.62. The van der Waals surface area contributed by atoms with Gasteiger partial charge in [-0.25, -0.2) is 0 Å². The molecule has 3 N–H and O–H groups in total. The molecule has 0 aromatic heterocycles. The minimum atomic E-state index is -4.10. The molecule has 14 heavy (non-hydrogen) atoms. The van der Waals surface area contributed by atoms with Crippen LogP contribution in [0.5, 0.6) is 0 Å². The molecule has 1 fully saturated rings. The number of alkyl halides is 3. The maximum Gasteiger partial charge on any atom is 0.391 e. The van der Waals surface area contributed by atoms with E-state index < -0.39 is 12.1 Å². The van der Waals surface area contributed by atoms with Gasteiger partial charge in [0.2, 0.25) is 0 Å². The maximum absolute atomic E-state index is 12.2. The molecule has 0 unspecified atom stereocenters. The predicted molar refractivity (Wildman–Crippen MR) is 44.9 cm³/mol. The van der Waals surface area contributed by atoms with Gasteiger partial charge in [-0.05, 0) is 25.7 Å². The van der Waals surface area contributed by atoms with E-state index in [1.54, 1.807) is 0 Å². The van der Waals surface area contributed by atoms with E-state index in [1.165, 1.54) is 0 Å². The predicted octanol–water partition coefficient (Wildman–Crippen LogP) is 2.10. The minimum absolute atomic E-state index is 0.0469. The van der Waals surface area contributed by atoms with E-state index in [1.807, 2.05) is 0 Å². The Hall–Kier alpha value is -0.940. The van der Waals surface area contributed by atoms with Crippen LogP contribution in [-0.2, 0) is 0 Å². The van der Waals surface area contributed by atoms with Gasteiger partial charge in [-0.1, -0.05) is 5.16 Å². The van der Waals surface area contributed by atoms with E-state index >= 15 is 0 Å². The van der Waals surface area contributed by atoms with Gasteiger partial charge in [0, 0.05) is 5.92 Å². The molecule has 0 saturated heterocycles. The van der Waals surface area contributed by atoms with Crippen LogP contribution in [0.15, 0.2) is 5.16 Å². The zero-order valence-electron chi connectivity index (χ0n) is 7.59. The molecule has 0 atom stereocenters. The molecule has 1 aliphatic rings. The fourth-order valence-corrected chi connectivity index (χ4v) is 1.80. The normalized spacial score (nSPS) is 30.4. The van der Waals surface area contributed by atoms with Crippen LogP contribution in [0.4, 0.5) is 13.2 Å². The first kappa shape index (κ1) is 11.1. The Balaban J connectivity index is 2.47. The topological polar surface area (TPSA) is 58.6 Å². The van der Waals surface area contributed by atoms with Crippen LogP contribution in [0.1, 0.15) is 25.7 Å². The van der Waals surface area contributed by atoms with Crippen molar-refractivity contribution in [3.05, 3.63) is 0 Å². The van der Waals surface area contributed by atoms with Crippen molar-refractivity contribution >= 4 is 5.84 Å². The summed E-state index contributed by atoms with van der Waals surface area (Å²) in [6, 6.07) is 0. The number of hydrogen-bond acceptors (Lipinski definition) is 2. The third-order valence-corrected chi connectivity index (χ3v) is 2.72. The highest BCUT2D eigenvalue weighted by Crippen LogP contribution is 2.39. The molecular weight excluding hydrogens is 197 g/mol. The largest absolute Gasteiger partial charge is 0.409 e. The lowest BCUT2D eigenvalue weighted by atomic mass is 9.81. The zero-order chi connectivity index (χ0) is 10.8. The standard InChI is InChI=1S/C8H13F3N2O/c9-8(10,11)6-3-1-5(2-4-6)7(12)13-14/h5-6,14H,1-4H2,(H2,12,13)/t5-,6+. The average molecular weight is 210 g/mol. The Morgan fingerprint density at radius 1 is 1.21 bits per heavy atom. The molecule has 0 bridgehead atoms. The Kier molecular flexibility index (Phi) is 3.23. The molecular formula is C8H13F3N2O. The fourth-order valence-electron chi connectivity index (χ4n) is 1.80. The molecule has 0 radical (unpaired) electrons. The van der Waals surface area contributed by atoms with Gasteiger partial charge < -0.3 is 10.9 Å². The van der Waals surface area contributed by atoms with E-state index in [9.17, 15) is 13.2 Å². The zero-order valence-corrected chi connectivity index (χ0v) is 7.59.